The molecule has 1 aromatic heterocycles. The smallest absolute Gasteiger partial charge is 0.284 e. The Kier molecular flexibility index (Phi) is 4.61. The minimum absolute atomic E-state index is 0.0686. The predicted octanol–water partition coefficient (Wildman–Crippen LogP) is 4.01. The zero-order valence-electron chi connectivity index (χ0n) is 13.6. The van der Waals surface area contributed by atoms with Crippen molar-refractivity contribution >= 4 is 5.91 Å². The van der Waals surface area contributed by atoms with Gasteiger partial charge in [-0.2, -0.15) is 5.10 Å². The van der Waals surface area contributed by atoms with Gasteiger partial charge in [0.1, 0.15) is 17.2 Å². The van der Waals surface area contributed by atoms with Crippen LogP contribution < -0.4 is 9.47 Å². The third-order valence-corrected chi connectivity index (χ3v) is 3.41. The number of aryl methyl sites for hydroxylation is 2. The molecule has 0 fully saturated rings. The molecule has 0 aliphatic carbocycles. The van der Waals surface area contributed by atoms with Gasteiger partial charge in [-0.15, -0.1) is 0 Å². The minimum Gasteiger partial charge on any atom is -0.484 e. The van der Waals surface area contributed by atoms with E-state index in [0.717, 1.165) is 17.1 Å². The highest BCUT2D eigenvalue weighted by atomic mass is 16.5. The molecule has 122 valence electrons. The van der Waals surface area contributed by atoms with Crippen LogP contribution in [0.15, 0.2) is 60.7 Å². The molecule has 5 nitrogen and oxygen atoms in total. The lowest BCUT2D eigenvalue weighted by Crippen LogP contribution is -2.21. The first-order chi connectivity index (χ1) is 11.6. The Labute approximate surface area is 140 Å². The largest absolute Gasteiger partial charge is 0.484 e. The van der Waals surface area contributed by atoms with Crippen molar-refractivity contribution in [2.75, 3.05) is 6.61 Å². The topological polar surface area (TPSA) is 53.4 Å². The molecule has 5 heteroatoms. The fourth-order valence-electron chi connectivity index (χ4n) is 2.32. The van der Waals surface area contributed by atoms with Crippen molar-refractivity contribution in [1.29, 1.82) is 0 Å². The van der Waals surface area contributed by atoms with Gasteiger partial charge in [0.05, 0.1) is 5.69 Å². The molecule has 0 saturated carbocycles. The molecule has 0 unspecified atom stereocenters. The molecule has 1 heterocycles. The summed E-state index contributed by atoms with van der Waals surface area (Å²) in [5.74, 6) is 1.87. The van der Waals surface area contributed by atoms with Crippen LogP contribution in [0.1, 0.15) is 16.2 Å². The SMILES string of the molecule is Cc1cc(C)n(C(=O)COc2ccc(Oc3ccccc3)cc2)n1. The maximum absolute atomic E-state index is 12.1. The summed E-state index contributed by atoms with van der Waals surface area (Å²) in [7, 11) is 0. The van der Waals surface area contributed by atoms with Gasteiger partial charge in [0.2, 0.25) is 0 Å². The monoisotopic (exact) mass is 322 g/mol. The zero-order valence-corrected chi connectivity index (χ0v) is 13.6. The van der Waals surface area contributed by atoms with Crippen LogP contribution in [0, 0.1) is 13.8 Å². The van der Waals surface area contributed by atoms with E-state index in [4.69, 9.17) is 9.47 Å². The van der Waals surface area contributed by atoms with Gasteiger partial charge in [0.25, 0.3) is 5.91 Å². The van der Waals surface area contributed by atoms with Crippen molar-refractivity contribution in [2.45, 2.75) is 13.8 Å². The van der Waals surface area contributed by atoms with Gasteiger partial charge < -0.3 is 9.47 Å². The van der Waals surface area contributed by atoms with Gasteiger partial charge in [-0.05, 0) is 56.3 Å². The molecule has 3 rings (SSSR count). The van der Waals surface area contributed by atoms with E-state index < -0.39 is 0 Å². The van der Waals surface area contributed by atoms with Crippen molar-refractivity contribution in [3.63, 3.8) is 0 Å². The molecule has 0 atom stereocenters. The Hall–Kier alpha value is -3.08. The number of hydrogen-bond acceptors (Lipinski definition) is 4. The first-order valence-corrected chi connectivity index (χ1v) is 7.64. The number of hydrogen-bond donors (Lipinski definition) is 0. The van der Waals surface area contributed by atoms with E-state index in [1.54, 1.807) is 24.3 Å². The zero-order chi connectivity index (χ0) is 16.9. The number of carbonyl (C=O) groups excluding carboxylic acids is 1. The predicted molar refractivity (Wildman–Crippen MR) is 90.8 cm³/mol. The second kappa shape index (κ2) is 7.00. The molecular weight excluding hydrogens is 304 g/mol. The molecule has 0 aliphatic heterocycles. The quantitative estimate of drug-likeness (QED) is 0.712. The summed E-state index contributed by atoms with van der Waals surface area (Å²) in [5.41, 5.74) is 1.61. The molecule has 0 N–H and O–H groups in total. The average molecular weight is 322 g/mol. The summed E-state index contributed by atoms with van der Waals surface area (Å²) in [6.07, 6.45) is 0. The Morgan fingerprint density at radius 2 is 1.58 bits per heavy atom. The van der Waals surface area contributed by atoms with Gasteiger partial charge in [0.15, 0.2) is 6.61 Å². The van der Waals surface area contributed by atoms with E-state index in [0.29, 0.717) is 11.5 Å². The van der Waals surface area contributed by atoms with Gasteiger partial charge in [-0.25, -0.2) is 4.68 Å². The van der Waals surface area contributed by atoms with Crippen LogP contribution in [-0.4, -0.2) is 22.3 Å². The Morgan fingerprint density at radius 3 is 2.21 bits per heavy atom. The Morgan fingerprint density at radius 1 is 0.958 bits per heavy atom. The molecule has 0 radical (unpaired) electrons. The van der Waals surface area contributed by atoms with Crippen LogP contribution in [0.25, 0.3) is 0 Å². The maximum atomic E-state index is 12.1. The van der Waals surface area contributed by atoms with Gasteiger partial charge in [0, 0.05) is 5.69 Å². The molecule has 0 bridgehead atoms. The summed E-state index contributed by atoms with van der Waals surface area (Å²) < 4.78 is 12.6. The summed E-state index contributed by atoms with van der Waals surface area (Å²) in [6, 6.07) is 18.5. The van der Waals surface area contributed by atoms with Gasteiger partial charge in [-0.3, -0.25) is 4.79 Å². The fraction of sp³-hybridized carbons (Fsp3) is 0.158. The maximum Gasteiger partial charge on any atom is 0.284 e. The van der Waals surface area contributed by atoms with E-state index in [2.05, 4.69) is 5.10 Å². The minimum atomic E-state index is -0.204. The van der Waals surface area contributed by atoms with Crippen LogP contribution >= 0.6 is 0 Å². The number of rotatable bonds is 5. The summed E-state index contributed by atoms with van der Waals surface area (Å²) >= 11 is 0. The number of para-hydroxylation sites is 1. The molecule has 2 aromatic carbocycles. The molecule has 0 saturated heterocycles. The second-order valence-electron chi connectivity index (χ2n) is 5.41. The fourth-order valence-corrected chi connectivity index (χ4v) is 2.32. The first kappa shape index (κ1) is 15.8. The lowest BCUT2D eigenvalue weighted by atomic mass is 10.3. The average Bonchev–Trinajstić information content (AvgIpc) is 2.93. The lowest BCUT2D eigenvalue weighted by Gasteiger charge is -2.08. The standard InChI is InChI=1S/C19H18N2O3/c1-14-12-15(2)21(20-14)19(22)13-23-16-8-10-18(11-9-16)24-17-6-4-3-5-7-17/h3-12H,13H2,1-2H3. The number of ether oxygens (including phenoxy) is 2. The molecule has 3 aromatic rings. The van der Waals surface area contributed by atoms with E-state index in [1.807, 2.05) is 50.2 Å². The highest BCUT2D eigenvalue weighted by molar-refractivity contribution is 5.80. The van der Waals surface area contributed by atoms with Crippen molar-refractivity contribution in [1.82, 2.24) is 9.78 Å². The van der Waals surface area contributed by atoms with E-state index >= 15 is 0 Å². The molecule has 0 aliphatic rings. The molecule has 0 amide bonds. The highest BCUT2D eigenvalue weighted by Crippen LogP contribution is 2.23. The second-order valence-corrected chi connectivity index (χ2v) is 5.41. The number of nitrogens with zero attached hydrogens (tertiary/aromatic N) is 2. The first-order valence-electron chi connectivity index (χ1n) is 7.64. The third-order valence-electron chi connectivity index (χ3n) is 3.41. The number of carbonyl (C=O) groups is 1. The van der Waals surface area contributed by atoms with Crippen LogP contribution in [0.3, 0.4) is 0 Å². The van der Waals surface area contributed by atoms with Crippen molar-refractivity contribution in [2.24, 2.45) is 0 Å². The molecule has 24 heavy (non-hydrogen) atoms. The van der Waals surface area contributed by atoms with Crippen LogP contribution in [0.4, 0.5) is 0 Å². The van der Waals surface area contributed by atoms with Crippen molar-refractivity contribution < 1.29 is 14.3 Å². The van der Waals surface area contributed by atoms with Crippen LogP contribution in [0.5, 0.6) is 17.2 Å². The van der Waals surface area contributed by atoms with Gasteiger partial charge in [-0.1, -0.05) is 18.2 Å². The lowest BCUT2D eigenvalue weighted by molar-refractivity contribution is 0.0818. The molecular formula is C19H18N2O3. The Balaban J connectivity index is 1.58. The van der Waals surface area contributed by atoms with Crippen LogP contribution in [0.2, 0.25) is 0 Å². The number of aromatic nitrogens is 2. The Bertz CT molecular complexity index is 824. The highest BCUT2D eigenvalue weighted by Gasteiger charge is 2.10. The summed E-state index contributed by atoms with van der Waals surface area (Å²) in [4.78, 5) is 12.1. The summed E-state index contributed by atoms with van der Waals surface area (Å²) in [6.45, 7) is 3.62. The van der Waals surface area contributed by atoms with Crippen LogP contribution in [-0.2, 0) is 0 Å². The van der Waals surface area contributed by atoms with E-state index in [-0.39, 0.29) is 12.5 Å². The summed E-state index contributed by atoms with van der Waals surface area (Å²) in [5, 5.41) is 4.15. The van der Waals surface area contributed by atoms with Crippen molar-refractivity contribution in [3.8, 4) is 17.2 Å². The molecule has 0 spiro atoms. The van der Waals surface area contributed by atoms with E-state index in [9.17, 15) is 4.79 Å². The van der Waals surface area contributed by atoms with Gasteiger partial charge >= 0.3 is 0 Å². The van der Waals surface area contributed by atoms with Crippen molar-refractivity contribution in [3.05, 3.63) is 72.1 Å². The normalized spacial score (nSPS) is 10.4. The third kappa shape index (κ3) is 3.81. The number of benzene rings is 2. The van der Waals surface area contributed by atoms with E-state index in [1.165, 1.54) is 4.68 Å².